The molecule has 3 fully saturated rings. The van der Waals surface area contributed by atoms with Crippen molar-refractivity contribution in [1.82, 2.24) is 9.62 Å². The first-order chi connectivity index (χ1) is 11.0. The van der Waals surface area contributed by atoms with E-state index in [0.29, 0.717) is 25.0 Å². The Morgan fingerprint density at radius 1 is 1.39 bits per heavy atom. The van der Waals surface area contributed by atoms with Gasteiger partial charge in [0.1, 0.15) is 0 Å². The summed E-state index contributed by atoms with van der Waals surface area (Å²) >= 11 is 1.81. The molecule has 0 amide bonds. The molecule has 1 aliphatic carbocycles. The van der Waals surface area contributed by atoms with Crippen molar-refractivity contribution in [3.63, 3.8) is 0 Å². The molecule has 0 bridgehead atoms. The molecule has 0 spiro atoms. The number of sulfonamides is 1. The minimum atomic E-state index is -3.08. The Morgan fingerprint density at radius 3 is 2.91 bits per heavy atom. The number of ether oxygens (including phenoxy) is 1. The largest absolute Gasteiger partial charge is 0.376 e. The number of rotatable bonds is 6. The lowest BCUT2D eigenvalue weighted by molar-refractivity contribution is 0.0943. The van der Waals surface area contributed by atoms with Crippen LogP contribution in [0.2, 0.25) is 0 Å². The fourth-order valence-corrected chi connectivity index (χ4v) is 6.09. The van der Waals surface area contributed by atoms with Gasteiger partial charge in [-0.3, -0.25) is 4.90 Å². The predicted molar refractivity (Wildman–Crippen MR) is 91.0 cm³/mol. The smallest absolute Gasteiger partial charge is 0.214 e. The molecular weight excluding hydrogens is 332 g/mol. The van der Waals surface area contributed by atoms with Crippen molar-refractivity contribution in [2.24, 2.45) is 11.8 Å². The van der Waals surface area contributed by atoms with Gasteiger partial charge in [-0.1, -0.05) is 0 Å². The molecule has 0 radical (unpaired) electrons. The highest BCUT2D eigenvalue weighted by atomic mass is 32.2. The summed E-state index contributed by atoms with van der Waals surface area (Å²) in [5.74, 6) is 0.764. The van der Waals surface area contributed by atoms with Crippen LogP contribution < -0.4 is 4.72 Å². The fourth-order valence-electron chi connectivity index (χ4n) is 3.71. The number of thiophene rings is 1. The summed E-state index contributed by atoms with van der Waals surface area (Å²) in [7, 11) is -3.08. The van der Waals surface area contributed by atoms with Gasteiger partial charge < -0.3 is 4.74 Å². The molecule has 7 heteroatoms. The van der Waals surface area contributed by atoms with Crippen LogP contribution in [0.25, 0.3) is 0 Å². The Balaban J connectivity index is 1.33. The second kappa shape index (κ2) is 6.11. The highest BCUT2D eigenvalue weighted by Gasteiger charge is 2.44. The van der Waals surface area contributed by atoms with E-state index in [1.165, 1.54) is 10.4 Å². The molecule has 2 saturated heterocycles. The van der Waals surface area contributed by atoms with Crippen molar-refractivity contribution in [3.05, 3.63) is 21.9 Å². The molecule has 128 valence electrons. The van der Waals surface area contributed by atoms with Crippen LogP contribution in [0.1, 0.15) is 23.3 Å². The minimum absolute atomic E-state index is 0.137. The van der Waals surface area contributed by atoms with Gasteiger partial charge in [-0.15, -0.1) is 11.3 Å². The Bertz CT molecular complexity index is 669. The van der Waals surface area contributed by atoms with Crippen molar-refractivity contribution in [2.75, 3.05) is 26.2 Å². The number of fused-ring (bicyclic) bond motifs is 1. The zero-order chi connectivity index (χ0) is 16.0. The van der Waals surface area contributed by atoms with Crippen LogP contribution in [0.3, 0.4) is 0 Å². The summed E-state index contributed by atoms with van der Waals surface area (Å²) in [5.41, 5.74) is 1.36. The number of nitrogens with one attached hydrogen (secondary N) is 1. The SMILES string of the molecule is Cc1ccsc1CN1C[C@@H]2[C@H](CNS(=O)(=O)C3CC3)CO[C@@H]2C1. The first-order valence-corrected chi connectivity index (χ1v) is 10.8. The summed E-state index contributed by atoms with van der Waals surface area (Å²) in [6.45, 7) is 6.35. The highest BCUT2D eigenvalue weighted by Crippen LogP contribution is 2.35. The molecule has 1 N–H and O–H groups in total. The zero-order valence-corrected chi connectivity index (χ0v) is 15.0. The maximum Gasteiger partial charge on any atom is 0.214 e. The van der Waals surface area contributed by atoms with Crippen LogP contribution in [0, 0.1) is 18.8 Å². The van der Waals surface area contributed by atoms with Gasteiger partial charge >= 0.3 is 0 Å². The summed E-state index contributed by atoms with van der Waals surface area (Å²) in [6.07, 6.45) is 1.90. The Morgan fingerprint density at radius 2 is 2.22 bits per heavy atom. The van der Waals surface area contributed by atoms with E-state index in [-0.39, 0.29) is 11.4 Å². The lowest BCUT2D eigenvalue weighted by atomic mass is 9.93. The lowest BCUT2D eigenvalue weighted by Crippen LogP contribution is -2.35. The summed E-state index contributed by atoms with van der Waals surface area (Å²) in [6, 6.07) is 2.17. The monoisotopic (exact) mass is 356 g/mol. The second-order valence-corrected chi connectivity index (χ2v) is 10.2. The van der Waals surface area contributed by atoms with Crippen LogP contribution in [0.5, 0.6) is 0 Å². The van der Waals surface area contributed by atoms with E-state index in [1.54, 1.807) is 0 Å². The Labute approximate surface area is 142 Å². The van der Waals surface area contributed by atoms with Gasteiger partial charge in [0, 0.05) is 42.9 Å². The van der Waals surface area contributed by atoms with E-state index >= 15 is 0 Å². The van der Waals surface area contributed by atoms with Crippen LogP contribution >= 0.6 is 11.3 Å². The molecule has 23 heavy (non-hydrogen) atoms. The second-order valence-electron chi connectivity index (χ2n) is 7.11. The first-order valence-electron chi connectivity index (χ1n) is 8.38. The lowest BCUT2D eigenvalue weighted by Gasteiger charge is -2.19. The molecule has 3 heterocycles. The molecule has 3 atom stereocenters. The normalized spacial score (nSPS) is 31.6. The average molecular weight is 357 g/mol. The van der Waals surface area contributed by atoms with Gasteiger partial charge in [0.05, 0.1) is 18.0 Å². The quantitative estimate of drug-likeness (QED) is 0.841. The van der Waals surface area contributed by atoms with Gasteiger partial charge in [-0.05, 0) is 36.8 Å². The molecule has 4 rings (SSSR count). The number of hydrogen-bond donors (Lipinski definition) is 1. The van der Waals surface area contributed by atoms with E-state index in [1.807, 2.05) is 11.3 Å². The third-order valence-electron chi connectivity index (χ3n) is 5.36. The average Bonchev–Trinajstić information content (AvgIpc) is 3.06. The summed E-state index contributed by atoms with van der Waals surface area (Å²) in [4.78, 5) is 3.88. The number of aryl methyl sites for hydroxylation is 1. The standard InChI is InChI=1S/C16H24N2O3S2/c1-11-4-5-22-16(11)9-18-7-14-12(10-21-15(14)8-18)6-17-23(19,20)13-2-3-13/h4-5,12-15,17H,2-3,6-10H2,1H3/t12-,14-,15-/m1/s1. The molecule has 0 aromatic carbocycles. The van der Waals surface area contributed by atoms with E-state index in [4.69, 9.17) is 4.74 Å². The van der Waals surface area contributed by atoms with Crippen molar-refractivity contribution in [2.45, 2.75) is 37.7 Å². The van der Waals surface area contributed by atoms with Gasteiger partial charge in [0.25, 0.3) is 0 Å². The summed E-state index contributed by atoms with van der Waals surface area (Å²) < 4.78 is 32.7. The molecule has 5 nitrogen and oxygen atoms in total. The van der Waals surface area contributed by atoms with Crippen LogP contribution in [0.4, 0.5) is 0 Å². The predicted octanol–water partition coefficient (Wildman–Crippen LogP) is 1.59. The number of nitrogens with zero attached hydrogens (tertiary/aromatic N) is 1. The number of hydrogen-bond acceptors (Lipinski definition) is 5. The van der Waals surface area contributed by atoms with E-state index in [0.717, 1.165) is 32.5 Å². The van der Waals surface area contributed by atoms with Crippen LogP contribution in [-0.2, 0) is 21.3 Å². The number of likely N-dealkylation sites (tertiary alicyclic amines) is 1. The first kappa shape index (κ1) is 16.0. The molecule has 0 unspecified atom stereocenters. The molecular formula is C16H24N2O3S2. The zero-order valence-electron chi connectivity index (χ0n) is 13.4. The van der Waals surface area contributed by atoms with Crippen molar-refractivity contribution >= 4 is 21.4 Å². The van der Waals surface area contributed by atoms with Crippen molar-refractivity contribution in [1.29, 1.82) is 0 Å². The third-order valence-corrected chi connectivity index (χ3v) is 8.29. The third kappa shape index (κ3) is 3.35. The maximum atomic E-state index is 12.0. The van der Waals surface area contributed by atoms with Gasteiger partial charge in [-0.2, -0.15) is 0 Å². The van der Waals surface area contributed by atoms with E-state index in [9.17, 15) is 8.42 Å². The van der Waals surface area contributed by atoms with Gasteiger partial charge in [-0.25, -0.2) is 13.1 Å². The topological polar surface area (TPSA) is 58.6 Å². The molecule has 2 aliphatic heterocycles. The van der Waals surface area contributed by atoms with Crippen LogP contribution in [0.15, 0.2) is 11.4 Å². The van der Waals surface area contributed by atoms with Gasteiger partial charge in [0.2, 0.25) is 10.0 Å². The van der Waals surface area contributed by atoms with E-state index in [2.05, 4.69) is 28.0 Å². The molecule has 1 saturated carbocycles. The molecule has 1 aromatic heterocycles. The van der Waals surface area contributed by atoms with E-state index < -0.39 is 10.0 Å². The molecule has 1 aromatic rings. The van der Waals surface area contributed by atoms with Crippen molar-refractivity contribution in [3.8, 4) is 0 Å². The minimum Gasteiger partial charge on any atom is -0.376 e. The van der Waals surface area contributed by atoms with Crippen LogP contribution in [-0.4, -0.2) is 50.9 Å². The fraction of sp³-hybridized carbons (Fsp3) is 0.750. The highest BCUT2D eigenvalue weighted by molar-refractivity contribution is 7.90. The summed E-state index contributed by atoms with van der Waals surface area (Å²) in [5, 5.41) is 2.01. The van der Waals surface area contributed by atoms with Crippen molar-refractivity contribution < 1.29 is 13.2 Å². The Hall–Kier alpha value is -0.470. The molecule has 3 aliphatic rings. The maximum absolute atomic E-state index is 12.0. The van der Waals surface area contributed by atoms with Gasteiger partial charge in [0.15, 0.2) is 0 Å². The Kier molecular flexibility index (Phi) is 4.26.